The van der Waals surface area contributed by atoms with Crippen molar-refractivity contribution < 1.29 is 14.4 Å². The minimum atomic E-state index is -0.422. The van der Waals surface area contributed by atoms with Crippen LogP contribution in [0.1, 0.15) is 42.2 Å². The van der Waals surface area contributed by atoms with Crippen molar-refractivity contribution in [2.24, 2.45) is 0 Å². The van der Waals surface area contributed by atoms with Gasteiger partial charge in [0.05, 0.1) is 16.8 Å². The molecule has 1 heterocycles. The molecule has 3 aromatic carbocycles. The first-order valence-corrected chi connectivity index (χ1v) is 8.91. The van der Waals surface area contributed by atoms with Crippen molar-refractivity contribution in [2.75, 3.05) is 10.2 Å². The van der Waals surface area contributed by atoms with Gasteiger partial charge in [-0.1, -0.05) is 35.4 Å². The molecule has 0 fully saturated rings. The van der Waals surface area contributed by atoms with Crippen LogP contribution in [0.15, 0.2) is 66.7 Å². The Morgan fingerprint density at radius 3 is 1.96 bits per heavy atom. The fourth-order valence-corrected chi connectivity index (χ4v) is 3.15. The number of rotatable bonds is 3. The maximum absolute atomic E-state index is 12.8. The number of carbonyl (C=O) groups is 3. The maximum Gasteiger partial charge on any atom is 0.266 e. The number of hydrogen-bond donors (Lipinski definition) is 1. The van der Waals surface area contributed by atoms with E-state index in [0.29, 0.717) is 22.5 Å². The Balaban J connectivity index is 1.62. The highest BCUT2D eigenvalue weighted by atomic mass is 16.2. The molecule has 0 unspecified atom stereocenters. The number of nitrogens with one attached hydrogen (secondary N) is 1. The van der Waals surface area contributed by atoms with Crippen LogP contribution in [-0.2, 0) is 0 Å². The van der Waals surface area contributed by atoms with Crippen molar-refractivity contribution in [3.8, 4) is 0 Å². The first-order chi connectivity index (χ1) is 13.4. The predicted molar refractivity (Wildman–Crippen MR) is 108 cm³/mol. The fraction of sp³-hybridized carbons (Fsp3) is 0.0870. The molecule has 3 aromatic rings. The Morgan fingerprint density at radius 1 is 0.750 bits per heavy atom. The van der Waals surface area contributed by atoms with Gasteiger partial charge in [-0.25, -0.2) is 4.90 Å². The van der Waals surface area contributed by atoms with Crippen LogP contribution in [0.4, 0.5) is 11.4 Å². The summed E-state index contributed by atoms with van der Waals surface area (Å²) >= 11 is 0. The molecule has 0 atom stereocenters. The van der Waals surface area contributed by atoms with Crippen molar-refractivity contribution in [3.05, 3.63) is 94.5 Å². The molecule has 3 amide bonds. The summed E-state index contributed by atoms with van der Waals surface area (Å²) in [5, 5.41) is 2.80. The molecule has 5 nitrogen and oxygen atoms in total. The van der Waals surface area contributed by atoms with E-state index in [1.165, 1.54) is 12.1 Å². The fourth-order valence-electron chi connectivity index (χ4n) is 3.15. The summed E-state index contributed by atoms with van der Waals surface area (Å²) in [5.41, 5.74) is 4.18. The zero-order chi connectivity index (χ0) is 19.8. The third-order valence-corrected chi connectivity index (χ3v) is 4.75. The number of hydrogen-bond acceptors (Lipinski definition) is 3. The monoisotopic (exact) mass is 370 g/mol. The lowest BCUT2D eigenvalue weighted by Gasteiger charge is -2.13. The first kappa shape index (κ1) is 17.7. The quantitative estimate of drug-likeness (QED) is 0.697. The molecule has 1 N–H and O–H groups in total. The summed E-state index contributed by atoms with van der Waals surface area (Å²) in [6.07, 6.45) is 0. The zero-order valence-corrected chi connectivity index (χ0v) is 15.5. The van der Waals surface area contributed by atoms with Crippen LogP contribution in [0.3, 0.4) is 0 Å². The number of benzene rings is 3. The van der Waals surface area contributed by atoms with Gasteiger partial charge in [0.25, 0.3) is 17.7 Å². The first-order valence-electron chi connectivity index (χ1n) is 8.91. The molecule has 0 aromatic heterocycles. The van der Waals surface area contributed by atoms with Gasteiger partial charge < -0.3 is 5.32 Å². The van der Waals surface area contributed by atoms with Crippen molar-refractivity contribution >= 4 is 29.1 Å². The van der Waals surface area contributed by atoms with E-state index in [0.717, 1.165) is 16.0 Å². The molecule has 5 heteroatoms. The number of carbonyl (C=O) groups excluding carboxylic acids is 3. The van der Waals surface area contributed by atoms with Crippen molar-refractivity contribution in [1.82, 2.24) is 0 Å². The lowest BCUT2D eigenvalue weighted by molar-refractivity contribution is 0.0925. The van der Waals surface area contributed by atoms with Gasteiger partial charge in [-0.3, -0.25) is 14.4 Å². The van der Waals surface area contributed by atoms with Crippen LogP contribution in [0.5, 0.6) is 0 Å². The van der Waals surface area contributed by atoms with Crippen LogP contribution in [-0.4, -0.2) is 17.7 Å². The third kappa shape index (κ3) is 3.07. The molecule has 0 saturated carbocycles. The van der Waals surface area contributed by atoms with Gasteiger partial charge in [-0.2, -0.15) is 0 Å². The number of imide groups is 1. The van der Waals surface area contributed by atoms with Gasteiger partial charge in [0.1, 0.15) is 0 Å². The molecule has 0 aliphatic carbocycles. The number of aryl methyl sites for hydroxylation is 2. The maximum atomic E-state index is 12.8. The number of nitrogens with zero attached hydrogens (tertiary/aromatic N) is 1. The van der Waals surface area contributed by atoms with Gasteiger partial charge in [-0.05, 0) is 56.3 Å². The highest BCUT2D eigenvalue weighted by molar-refractivity contribution is 6.34. The largest absolute Gasteiger partial charge is 0.322 e. The van der Waals surface area contributed by atoms with Crippen molar-refractivity contribution in [2.45, 2.75) is 13.8 Å². The molecule has 28 heavy (non-hydrogen) atoms. The summed E-state index contributed by atoms with van der Waals surface area (Å²) in [4.78, 5) is 39.2. The van der Waals surface area contributed by atoms with E-state index in [4.69, 9.17) is 0 Å². The molecule has 0 bridgehead atoms. The van der Waals surface area contributed by atoms with Crippen LogP contribution in [0, 0.1) is 13.8 Å². The standard InChI is InChI=1S/C23H18N2O3/c1-14-3-8-17(9-4-14)24-21(26)16-7-12-19-20(13-16)23(28)25(22(19)27)18-10-5-15(2)6-11-18/h3-13H,1-2H3,(H,24,26). The van der Waals surface area contributed by atoms with Gasteiger partial charge in [0, 0.05) is 11.3 Å². The topological polar surface area (TPSA) is 66.5 Å². The molecular formula is C23H18N2O3. The summed E-state index contributed by atoms with van der Waals surface area (Å²) in [6.45, 7) is 3.90. The molecule has 0 spiro atoms. The second kappa shape index (κ2) is 6.78. The van der Waals surface area contributed by atoms with Crippen LogP contribution in [0.25, 0.3) is 0 Å². The predicted octanol–water partition coefficient (Wildman–Crippen LogP) is 4.36. The average molecular weight is 370 g/mol. The lowest BCUT2D eigenvalue weighted by atomic mass is 10.1. The van der Waals surface area contributed by atoms with Crippen molar-refractivity contribution in [3.63, 3.8) is 0 Å². The highest BCUT2D eigenvalue weighted by Crippen LogP contribution is 2.29. The summed E-state index contributed by atoms with van der Waals surface area (Å²) in [6, 6.07) is 19.2. The van der Waals surface area contributed by atoms with Gasteiger partial charge in [0.2, 0.25) is 0 Å². The van der Waals surface area contributed by atoms with Gasteiger partial charge >= 0.3 is 0 Å². The third-order valence-electron chi connectivity index (χ3n) is 4.75. The Labute approximate surface area is 162 Å². The Hall–Kier alpha value is -3.73. The minimum Gasteiger partial charge on any atom is -0.322 e. The molecule has 0 radical (unpaired) electrons. The van der Waals surface area contributed by atoms with E-state index < -0.39 is 5.91 Å². The molecular weight excluding hydrogens is 352 g/mol. The summed E-state index contributed by atoms with van der Waals surface area (Å²) in [7, 11) is 0. The number of fused-ring (bicyclic) bond motifs is 1. The Bertz CT molecular complexity index is 1100. The molecule has 138 valence electrons. The molecule has 0 saturated heterocycles. The number of anilines is 2. The highest BCUT2D eigenvalue weighted by Gasteiger charge is 2.37. The Morgan fingerprint density at radius 2 is 1.32 bits per heavy atom. The van der Waals surface area contributed by atoms with E-state index in [2.05, 4.69) is 5.32 Å². The van der Waals surface area contributed by atoms with Crippen LogP contribution in [0.2, 0.25) is 0 Å². The van der Waals surface area contributed by atoms with Gasteiger partial charge in [-0.15, -0.1) is 0 Å². The van der Waals surface area contributed by atoms with E-state index in [1.807, 2.05) is 50.2 Å². The Kier molecular flexibility index (Phi) is 4.28. The zero-order valence-electron chi connectivity index (χ0n) is 15.5. The second-order valence-corrected chi connectivity index (χ2v) is 6.86. The van der Waals surface area contributed by atoms with E-state index in [-0.39, 0.29) is 17.4 Å². The summed E-state index contributed by atoms with van der Waals surface area (Å²) < 4.78 is 0. The van der Waals surface area contributed by atoms with Crippen LogP contribution < -0.4 is 10.2 Å². The van der Waals surface area contributed by atoms with Crippen LogP contribution >= 0.6 is 0 Å². The molecule has 4 rings (SSSR count). The second-order valence-electron chi connectivity index (χ2n) is 6.86. The average Bonchev–Trinajstić information content (AvgIpc) is 2.94. The smallest absolute Gasteiger partial charge is 0.266 e. The van der Waals surface area contributed by atoms with Crippen molar-refractivity contribution in [1.29, 1.82) is 0 Å². The normalized spacial score (nSPS) is 12.9. The molecule has 1 aliphatic heterocycles. The number of amides is 3. The molecule has 1 aliphatic rings. The van der Waals surface area contributed by atoms with Gasteiger partial charge in [0.15, 0.2) is 0 Å². The van der Waals surface area contributed by atoms with E-state index in [9.17, 15) is 14.4 Å². The summed E-state index contributed by atoms with van der Waals surface area (Å²) in [5.74, 6) is -1.14. The minimum absolute atomic E-state index is 0.238. The SMILES string of the molecule is Cc1ccc(NC(=O)c2ccc3c(c2)C(=O)N(c2ccc(C)cc2)C3=O)cc1. The van der Waals surface area contributed by atoms with E-state index >= 15 is 0 Å². The van der Waals surface area contributed by atoms with E-state index in [1.54, 1.807) is 18.2 Å². The lowest BCUT2D eigenvalue weighted by Crippen LogP contribution is -2.29.